The smallest absolute Gasteiger partial charge is 0.147 e. The van der Waals surface area contributed by atoms with E-state index in [4.69, 9.17) is 14.8 Å². The second-order valence-electron chi connectivity index (χ2n) is 7.11. The fourth-order valence-corrected chi connectivity index (χ4v) is 4.50. The van der Waals surface area contributed by atoms with E-state index in [1.54, 1.807) is 11.3 Å². The van der Waals surface area contributed by atoms with Crippen molar-refractivity contribution in [1.29, 1.82) is 0 Å². The molecule has 1 saturated heterocycles. The molecule has 5 nitrogen and oxygen atoms in total. The number of anilines is 1. The summed E-state index contributed by atoms with van der Waals surface area (Å²) in [5.41, 5.74) is 2.01. The number of ether oxygens (including phenoxy) is 1. The lowest BCUT2D eigenvalue weighted by Gasteiger charge is -2.35. The van der Waals surface area contributed by atoms with Crippen molar-refractivity contribution in [2.45, 2.75) is 6.92 Å². The maximum Gasteiger partial charge on any atom is 0.147 e. The normalized spacial score (nSPS) is 15.4. The second-order valence-corrected chi connectivity index (χ2v) is 8.02. The molecule has 1 aliphatic heterocycles. The first-order chi connectivity index (χ1) is 14.3. The van der Waals surface area contributed by atoms with Crippen molar-refractivity contribution in [3.8, 4) is 5.75 Å². The van der Waals surface area contributed by atoms with Crippen LogP contribution in [0.1, 0.15) is 18.2 Å². The van der Waals surface area contributed by atoms with Crippen molar-refractivity contribution in [2.75, 3.05) is 50.8 Å². The summed E-state index contributed by atoms with van der Waals surface area (Å²) < 4.78 is 6.77. The van der Waals surface area contributed by atoms with Crippen LogP contribution < -0.4 is 9.64 Å². The number of nitrogens with zero attached hydrogens (tertiary/aromatic N) is 3. The average Bonchev–Trinajstić information content (AvgIpc) is 3.25. The molecule has 1 fully saturated rings. The molecule has 6 heteroatoms. The lowest BCUT2D eigenvalue weighted by molar-refractivity contribution is 0.201. The molecule has 1 aromatic carbocycles. The van der Waals surface area contributed by atoms with Gasteiger partial charge in [0.1, 0.15) is 18.2 Å². The van der Waals surface area contributed by atoms with Crippen LogP contribution in [0.4, 0.5) is 5.82 Å². The molecule has 3 heterocycles. The van der Waals surface area contributed by atoms with E-state index in [0.29, 0.717) is 6.61 Å². The van der Waals surface area contributed by atoms with Crippen molar-refractivity contribution < 1.29 is 9.84 Å². The molecule has 0 amide bonds. The van der Waals surface area contributed by atoms with Crippen LogP contribution in [-0.2, 0) is 0 Å². The van der Waals surface area contributed by atoms with Crippen LogP contribution in [-0.4, -0.2) is 60.9 Å². The maximum atomic E-state index is 8.93. The lowest BCUT2D eigenvalue weighted by atomic mass is 10.1. The number of aromatic nitrogens is 1. The maximum absolute atomic E-state index is 8.93. The van der Waals surface area contributed by atoms with Gasteiger partial charge in [0.15, 0.2) is 0 Å². The fourth-order valence-electron chi connectivity index (χ4n) is 3.61. The molecule has 4 rings (SSSR count). The van der Waals surface area contributed by atoms with Crippen LogP contribution in [0.25, 0.3) is 22.2 Å². The van der Waals surface area contributed by atoms with E-state index in [1.807, 2.05) is 24.3 Å². The zero-order chi connectivity index (χ0) is 20.1. The molecular formula is C23H27N3O2S. The number of thiophene rings is 1. The standard InChI is InChI=1S/C23H27N3O2S/c1-2-25-9-11-26(12-10-25)23-22-19(8-15-29-22)17-20(24-23)7-6-18-4-3-5-21(16-18)28-14-13-27/h3-8,15-17,27H,2,9-14H2,1H3/b7-6+. The van der Waals surface area contributed by atoms with Crippen molar-refractivity contribution in [3.05, 3.63) is 53.0 Å². The molecule has 1 N–H and O–H groups in total. The van der Waals surface area contributed by atoms with Gasteiger partial charge in [0.25, 0.3) is 0 Å². The Morgan fingerprint density at radius 3 is 2.79 bits per heavy atom. The number of benzene rings is 1. The van der Waals surface area contributed by atoms with Gasteiger partial charge in [-0.25, -0.2) is 4.98 Å². The Balaban J connectivity index is 1.58. The average molecular weight is 410 g/mol. The van der Waals surface area contributed by atoms with Gasteiger partial charge in [-0.05, 0) is 53.2 Å². The Morgan fingerprint density at radius 2 is 2.00 bits per heavy atom. The van der Waals surface area contributed by atoms with E-state index in [0.717, 1.165) is 55.5 Å². The molecule has 0 saturated carbocycles. The Morgan fingerprint density at radius 1 is 1.14 bits per heavy atom. The summed E-state index contributed by atoms with van der Waals surface area (Å²) >= 11 is 1.77. The topological polar surface area (TPSA) is 48.8 Å². The van der Waals surface area contributed by atoms with Gasteiger partial charge >= 0.3 is 0 Å². The van der Waals surface area contributed by atoms with Gasteiger partial charge < -0.3 is 19.6 Å². The summed E-state index contributed by atoms with van der Waals surface area (Å²) in [6.07, 6.45) is 4.12. The number of aliphatic hydroxyl groups excluding tert-OH is 1. The predicted molar refractivity (Wildman–Crippen MR) is 122 cm³/mol. The highest BCUT2D eigenvalue weighted by atomic mass is 32.1. The highest BCUT2D eigenvalue weighted by Gasteiger charge is 2.19. The van der Waals surface area contributed by atoms with Gasteiger partial charge in [0, 0.05) is 26.2 Å². The number of pyridine rings is 1. The minimum atomic E-state index is 0.0138. The van der Waals surface area contributed by atoms with Crippen LogP contribution in [0.2, 0.25) is 0 Å². The Kier molecular flexibility index (Phi) is 6.44. The van der Waals surface area contributed by atoms with E-state index >= 15 is 0 Å². The van der Waals surface area contributed by atoms with Crippen molar-refractivity contribution in [3.63, 3.8) is 0 Å². The number of rotatable bonds is 7. The van der Waals surface area contributed by atoms with E-state index in [-0.39, 0.29) is 6.61 Å². The van der Waals surface area contributed by atoms with Gasteiger partial charge in [0.05, 0.1) is 17.0 Å². The number of piperazine rings is 1. The highest BCUT2D eigenvalue weighted by molar-refractivity contribution is 7.17. The first-order valence-electron chi connectivity index (χ1n) is 10.1. The van der Waals surface area contributed by atoms with E-state index in [9.17, 15) is 0 Å². The summed E-state index contributed by atoms with van der Waals surface area (Å²) in [6.45, 7) is 7.87. The SMILES string of the molecule is CCN1CCN(c2nc(/C=C/c3cccc(OCCO)c3)cc3ccsc23)CC1. The van der Waals surface area contributed by atoms with Crippen molar-refractivity contribution >= 4 is 39.4 Å². The van der Waals surface area contributed by atoms with Gasteiger partial charge in [-0.2, -0.15) is 0 Å². The summed E-state index contributed by atoms with van der Waals surface area (Å²) in [5.74, 6) is 1.87. The summed E-state index contributed by atoms with van der Waals surface area (Å²) in [6, 6.07) is 12.2. The van der Waals surface area contributed by atoms with Crippen LogP contribution in [0.15, 0.2) is 41.8 Å². The van der Waals surface area contributed by atoms with Gasteiger partial charge in [-0.15, -0.1) is 11.3 Å². The first-order valence-corrected chi connectivity index (χ1v) is 11.0. The summed E-state index contributed by atoms with van der Waals surface area (Å²) in [4.78, 5) is 9.91. The van der Waals surface area contributed by atoms with Crippen molar-refractivity contribution in [2.24, 2.45) is 0 Å². The van der Waals surface area contributed by atoms with Gasteiger partial charge in [0.2, 0.25) is 0 Å². The minimum absolute atomic E-state index is 0.0138. The molecule has 2 aromatic heterocycles. The Bertz CT molecular complexity index is 977. The lowest BCUT2D eigenvalue weighted by Crippen LogP contribution is -2.46. The molecule has 1 aliphatic rings. The van der Waals surface area contributed by atoms with Crippen LogP contribution in [0.3, 0.4) is 0 Å². The highest BCUT2D eigenvalue weighted by Crippen LogP contribution is 2.32. The monoisotopic (exact) mass is 409 g/mol. The van der Waals surface area contributed by atoms with Crippen LogP contribution >= 0.6 is 11.3 Å². The summed E-state index contributed by atoms with van der Waals surface area (Å²) in [5, 5.41) is 12.3. The zero-order valence-corrected chi connectivity index (χ0v) is 17.6. The fraction of sp³-hybridized carbons (Fsp3) is 0.348. The Labute approximate surface area is 175 Å². The molecule has 3 aromatic rings. The number of hydrogen-bond donors (Lipinski definition) is 1. The number of aliphatic hydroxyl groups is 1. The van der Waals surface area contributed by atoms with Crippen LogP contribution in [0, 0.1) is 0 Å². The largest absolute Gasteiger partial charge is 0.491 e. The minimum Gasteiger partial charge on any atom is -0.491 e. The molecule has 0 bridgehead atoms. The zero-order valence-electron chi connectivity index (χ0n) is 16.8. The molecule has 152 valence electrons. The molecule has 0 unspecified atom stereocenters. The van der Waals surface area contributed by atoms with E-state index in [1.165, 1.54) is 10.1 Å². The molecular weight excluding hydrogens is 382 g/mol. The molecule has 0 aliphatic carbocycles. The predicted octanol–water partition coefficient (Wildman–Crippen LogP) is 3.98. The van der Waals surface area contributed by atoms with E-state index < -0.39 is 0 Å². The number of likely N-dealkylation sites (N-methyl/N-ethyl adjacent to an activating group) is 1. The third-order valence-corrected chi connectivity index (χ3v) is 6.15. The quantitative estimate of drug-likeness (QED) is 0.640. The third-order valence-electron chi connectivity index (χ3n) is 5.22. The van der Waals surface area contributed by atoms with E-state index in [2.05, 4.69) is 46.4 Å². The van der Waals surface area contributed by atoms with Gasteiger partial charge in [-0.3, -0.25) is 0 Å². The number of fused-ring (bicyclic) bond motifs is 1. The second kappa shape index (κ2) is 9.39. The molecule has 29 heavy (non-hydrogen) atoms. The van der Waals surface area contributed by atoms with Gasteiger partial charge in [-0.1, -0.05) is 25.1 Å². The summed E-state index contributed by atoms with van der Waals surface area (Å²) in [7, 11) is 0. The van der Waals surface area contributed by atoms with Crippen molar-refractivity contribution in [1.82, 2.24) is 9.88 Å². The van der Waals surface area contributed by atoms with Crippen LogP contribution in [0.5, 0.6) is 5.75 Å². The molecule has 0 radical (unpaired) electrons. The number of hydrogen-bond acceptors (Lipinski definition) is 6. The first kappa shape index (κ1) is 19.9. The molecule has 0 atom stereocenters. The Hall–Kier alpha value is -2.41. The third kappa shape index (κ3) is 4.78. The molecule has 0 spiro atoms.